The number of phenolic OH excluding ortho intramolecular Hbond substituents is 1. The van der Waals surface area contributed by atoms with Crippen LogP contribution in [-0.2, 0) is 4.74 Å². The topological polar surface area (TPSA) is 80.7 Å². The molecule has 0 unspecified atom stereocenters. The Kier molecular flexibility index (Phi) is 5.76. The van der Waals surface area contributed by atoms with Gasteiger partial charge >= 0.3 is 0 Å². The van der Waals surface area contributed by atoms with E-state index in [4.69, 9.17) is 9.47 Å². The lowest BCUT2D eigenvalue weighted by Crippen LogP contribution is -2.22. The summed E-state index contributed by atoms with van der Waals surface area (Å²) >= 11 is 0. The van der Waals surface area contributed by atoms with Crippen LogP contribution in [0.3, 0.4) is 0 Å². The van der Waals surface area contributed by atoms with Gasteiger partial charge in [-0.15, -0.1) is 0 Å². The number of carbonyl (C=O) groups excluding carboxylic acids is 1. The molecule has 128 valence electrons. The van der Waals surface area contributed by atoms with Crippen molar-refractivity contribution in [3.63, 3.8) is 0 Å². The summed E-state index contributed by atoms with van der Waals surface area (Å²) in [6, 6.07) is 9.61. The third kappa shape index (κ3) is 5.89. The Labute approximate surface area is 141 Å². The van der Waals surface area contributed by atoms with Gasteiger partial charge in [-0.3, -0.25) is 4.79 Å². The molecule has 0 atom stereocenters. The van der Waals surface area contributed by atoms with Crippen LogP contribution in [0.15, 0.2) is 42.6 Å². The predicted molar refractivity (Wildman–Crippen MR) is 91.5 cm³/mol. The molecule has 6 heteroatoms. The maximum absolute atomic E-state index is 12.1. The molecule has 0 aliphatic rings. The fourth-order valence-corrected chi connectivity index (χ4v) is 1.88. The highest BCUT2D eigenvalue weighted by Crippen LogP contribution is 2.17. The molecule has 2 N–H and O–H groups in total. The van der Waals surface area contributed by atoms with Crippen LogP contribution in [0.1, 0.15) is 31.1 Å². The second kappa shape index (κ2) is 7.79. The van der Waals surface area contributed by atoms with E-state index in [1.54, 1.807) is 24.3 Å². The molecule has 0 aliphatic heterocycles. The second-order valence-corrected chi connectivity index (χ2v) is 6.20. The van der Waals surface area contributed by atoms with Crippen molar-refractivity contribution in [2.24, 2.45) is 0 Å². The SMILES string of the molecule is CC(C)(C)OCCOc1ccc(C(=O)Nc2cccc(O)c2)cn1. The number of amides is 1. The van der Waals surface area contributed by atoms with Gasteiger partial charge in [-0.1, -0.05) is 6.07 Å². The van der Waals surface area contributed by atoms with Crippen molar-refractivity contribution >= 4 is 11.6 Å². The van der Waals surface area contributed by atoms with E-state index in [9.17, 15) is 9.90 Å². The number of nitrogens with zero attached hydrogens (tertiary/aromatic N) is 1. The Morgan fingerprint density at radius 1 is 1.21 bits per heavy atom. The molecule has 2 rings (SSSR count). The van der Waals surface area contributed by atoms with E-state index in [0.717, 1.165) is 0 Å². The number of rotatable bonds is 6. The molecule has 1 amide bonds. The molecule has 0 bridgehead atoms. The van der Waals surface area contributed by atoms with Crippen LogP contribution in [-0.4, -0.2) is 34.8 Å². The summed E-state index contributed by atoms with van der Waals surface area (Å²) in [5.74, 6) is 0.212. The second-order valence-electron chi connectivity index (χ2n) is 6.20. The first-order valence-electron chi connectivity index (χ1n) is 7.67. The van der Waals surface area contributed by atoms with Crippen LogP contribution in [0.25, 0.3) is 0 Å². The molecule has 1 heterocycles. The normalized spacial score (nSPS) is 11.1. The van der Waals surface area contributed by atoms with E-state index in [1.807, 2.05) is 20.8 Å². The largest absolute Gasteiger partial charge is 0.508 e. The van der Waals surface area contributed by atoms with Gasteiger partial charge in [0.2, 0.25) is 5.88 Å². The number of aromatic nitrogens is 1. The summed E-state index contributed by atoms with van der Waals surface area (Å²) in [6.45, 7) is 6.78. The van der Waals surface area contributed by atoms with Crippen LogP contribution in [0.4, 0.5) is 5.69 Å². The van der Waals surface area contributed by atoms with Gasteiger partial charge in [0.1, 0.15) is 12.4 Å². The summed E-state index contributed by atoms with van der Waals surface area (Å²) in [4.78, 5) is 16.2. The van der Waals surface area contributed by atoms with Crippen LogP contribution in [0, 0.1) is 0 Å². The molecule has 0 fully saturated rings. The lowest BCUT2D eigenvalue weighted by atomic mass is 10.2. The summed E-state index contributed by atoms with van der Waals surface area (Å²) < 4.78 is 11.0. The molecule has 0 aliphatic carbocycles. The van der Waals surface area contributed by atoms with Crippen molar-refractivity contribution in [2.75, 3.05) is 18.5 Å². The fraction of sp³-hybridized carbons (Fsp3) is 0.333. The molecule has 0 saturated heterocycles. The third-order valence-electron chi connectivity index (χ3n) is 2.97. The van der Waals surface area contributed by atoms with Crippen LogP contribution >= 0.6 is 0 Å². The summed E-state index contributed by atoms with van der Waals surface area (Å²) in [5, 5.41) is 12.1. The molecule has 1 aromatic heterocycles. The molecule has 0 spiro atoms. The Balaban J connectivity index is 1.86. The summed E-state index contributed by atoms with van der Waals surface area (Å²) in [5.41, 5.74) is 0.709. The van der Waals surface area contributed by atoms with Gasteiger partial charge in [0, 0.05) is 24.0 Å². The van der Waals surface area contributed by atoms with Crippen molar-refractivity contribution in [2.45, 2.75) is 26.4 Å². The maximum Gasteiger partial charge on any atom is 0.257 e. The minimum atomic E-state index is -0.310. The molecule has 6 nitrogen and oxygen atoms in total. The predicted octanol–water partition coefficient (Wildman–Crippen LogP) is 3.23. The van der Waals surface area contributed by atoms with Crippen LogP contribution < -0.4 is 10.1 Å². The van der Waals surface area contributed by atoms with Crippen molar-refractivity contribution in [1.29, 1.82) is 0 Å². The Morgan fingerprint density at radius 2 is 2.00 bits per heavy atom. The zero-order valence-electron chi connectivity index (χ0n) is 14.1. The molecule has 0 radical (unpaired) electrons. The molecule has 2 aromatic rings. The zero-order valence-corrected chi connectivity index (χ0v) is 14.1. The van der Waals surface area contributed by atoms with Gasteiger partial charge in [0.25, 0.3) is 5.91 Å². The average Bonchev–Trinajstić information content (AvgIpc) is 2.51. The number of aromatic hydroxyl groups is 1. The first-order valence-corrected chi connectivity index (χ1v) is 7.67. The van der Waals surface area contributed by atoms with E-state index >= 15 is 0 Å². The van der Waals surface area contributed by atoms with E-state index in [1.165, 1.54) is 18.3 Å². The highest BCUT2D eigenvalue weighted by atomic mass is 16.5. The minimum absolute atomic E-state index is 0.0900. The number of phenols is 1. The number of pyridine rings is 1. The highest BCUT2D eigenvalue weighted by molar-refractivity contribution is 6.04. The van der Waals surface area contributed by atoms with Crippen molar-refractivity contribution in [1.82, 2.24) is 4.98 Å². The first kappa shape index (κ1) is 17.7. The van der Waals surface area contributed by atoms with Gasteiger partial charge in [-0.25, -0.2) is 4.98 Å². The van der Waals surface area contributed by atoms with Crippen LogP contribution in [0.2, 0.25) is 0 Å². The standard InChI is InChI=1S/C18H22N2O4/c1-18(2,3)24-10-9-23-16-8-7-13(12-19-16)17(22)20-14-5-4-6-15(21)11-14/h4-8,11-12,21H,9-10H2,1-3H3,(H,20,22). The van der Waals surface area contributed by atoms with E-state index in [2.05, 4.69) is 10.3 Å². The Bertz CT molecular complexity index is 678. The van der Waals surface area contributed by atoms with E-state index in [0.29, 0.717) is 30.3 Å². The number of hydrogen-bond donors (Lipinski definition) is 2. The zero-order chi connectivity index (χ0) is 17.6. The minimum Gasteiger partial charge on any atom is -0.508 e. The quantitative estimate of drug-likeness (QED) is 0.795. The summed E-state index contributed by atoms with van der Waals surface area (Å²) in [7, 11) is 0. The monoisotopic (exact) mass is 330 g/mol. The Morgan fingerprint density at radius 3 is 2.62 bits per heavy atom. The van der Waals surface area contributed by atoms with Gasteiger partial charge in [-0.05, 0) is 39.0 Å². The van der Waals surface area contributed by atoms with Gasteiger partial charge < -0.3 is 19.9 Å². The van der Waals surface area contributed by atoms with Gasteiger partial charge in [0.15, 0.2) is 0 Å². The third-order valence-corrected chi connectivity index (χ3v) is 2.97. The molecular formula is C18H22N2O4. The van der Waals surface area contributed by atoms with Crippen molar-refractivity contribution < 1.29 is 19.4 Å². The molecule has 0 saturated carbocycles. The highest BCUT2D eigenvalue weighted by Gasteiger charge is 2.10. The summed E-state index contributed by atoms with van der Waals surface area (Å²) in [6.07, 6.45) is 1.44. The smallest absolute Gasteiger partial charge is 0.257 e. The molecule has 1 aromatic carbocycles. The van der Waals surface area contributed by atoms with E-state index in [-0.39, 0.29) is 17.3 Å². The van der Waals surface area contributed by atoms with Crippen molar-refractivity contribution in [3.05, 3.63) is 48.2 Å². The number of carbonyl (C=O) groups is 1. The van der Waals surface area contributed by atoms with Gasteiger partial charge in [0.05, 0.1) is 17.8 Å². The lowest BCUT2D eigenvalue weighted by Gasteiger charge is -2.19. The fourth-order valence-electron chi connectivity index (χ4n) is 1.88. The number of hydrogen-bond acceptors (Lipinski definition) is 5. The van der Waals surface area contributed by atoms with Crippen molar-refractivity contribution in [3.8, 4) is 11.6 Å². The number of anilines is 1. The first-order chi connectivity index (χ1) is 11.3. The number of nitrogens with one attached hydrogen (secondary N) is 1. The van der Waals surface area contributed by atoms with Gasteiger partial charge in [-0.2, -0.15) is 0 Å². The number of ether oxygens (including phenoxy) is 2. The van der Waals surface area contributed by atoms with Crippen LogP contribution in [0.5, 0.6) is 11.6 Å². The lowest BCUT2D eigenvalue weighted by molar-refractivity contribution is -0.0168. The average molecular weight is 330 g/mol. The van der Waals surface area contributed by atoms with E-state index < -0.39 is 0 Å². The molecular weight excluding hydrogens is 308 g/mol. The maximum atomic E-state index is 12.1. The number of benzene rings is 1. The molecule has 24 heavy (non-hydrogen) atoms. The Hall–Kier alpha value is -2.60.